The van der Waals surface area contributed by atoms with Crippen LogP contribution in [-0.2, 0) is 0 Å². The zero-order chi connectivity index (χ0) is 16.6. The van der Waals surface area contributed by atoms with Gasteiger partial charge in [-0.05, 0) is 36.8 Å². The Labute approximate surface area is 135 Å². The predicted octanol–water partition coefficient (Wildman–Crippen LogP) is 4.15. The molecule has 1 amide bonds. The average molecular weight is 332 g/mol. The zero-order valence-corrected chi connectivity index (χ0v) is 12.8. The molecule has 116 valence electrons. The number of hydrogen-bond donors (Lipinski definition) is 1. The van der Waals surface area contributed by atoms with E-state index in [1.54, 1.807) is 12.1 Å². The average Bonchev–Trinajstić information content (AvgIpc) is 2.51. The van der Waals surface area contributed by atoms with Crippen LogP contribution in [0.2, 0.25) is 5.02 Å². The largest absolute Gasteiger partial charge is 0.422 e. The normalized spacial score (nSPS) is 10.7. The lowest BCUT2D eigenvalue weighted by molar-refractivity contribution is 0.102. The van der Waals surface area contributed by atoms with Crippen LogP contribution in [0.5, 0.6) is 0 Å². The van der Waals surface area contributed by atoms with Crippen molar-refractivity contribution < 1.29 is 13.6 Å². The second-order valence-corrected chi connectivity index (χ2v) is 5.43. The molecule has 1 aromatic heterocycles. The van der Waals surface area contributed by atoms with Gasteiger partial charge in [0.15, 0.2) is 0 Å². The van der Waals surface area contributed by atoms with Gasteiger partial charge in [0.2, 0.25) is 0 Å². The number of carbonyl (C=O) groups excluding carboxylic acids is 1. The lowest BCUT2D eigenvalue weighted by atomic mass is 10.1. The molecule has 0 aliphatic carbocycles. The summed E-state index contributed by atoms with van der Waals surface area (Å²) in [6.45, 7) is 1.81. The van der Waals surface area contributed by atoms with Gasteiger partial charge in [0.05, 0.1) is 5.02 Å². The summed E-state index contributed by atoms with van der Waals surface area (Å²) in [6, 6.07) is 10.6. The first-order valence-corrected chi connectivity index (χ1v) is 7.13. The third-order valence-electron chi connectivity index (χ3n) is 3.38. The highest BCUT2D eigenvalue weighted by Gasteiger charge is 2.15. The molecule has 3 aromatic rings. The summed E-state index contributed by atoms with van der Waals surface area (Å²) in [7, 11) is 0. The van der Waals surface area contributed by atoms with Gasteiger partial charge in [0.1, 0.15) is 17.0 Å². The van der Waals surface area contributed by atoms with E-state index in [0.717, 1.165) is 11.6 Å². The number of amides is 1. The molecule has 0 bridgehead atoms. The minimum atomic E-state index is -0.738. The van der Waals surface area contributed by atoms with E-state index in [2.05, 4.69) is 5.32 Å². The van der Waals surface area contributed by atoms with Crippen molar-refractivity contribution in [3.8, 4) is 0 Å². The van der Waals surface area contributed by atoms with E-state index >= 15 is 0 Å². The molecule has 0 aliphatic heterocycles. The summed E-state index contributed by atoms with van der Waals surface area (Å²) in [4.78, 5) is 24.3. The maximum absolute atomic E-state index is 13.1. The molecule has 0 spiro atoms. The SMILES string of the molecule is Cc1cccc2cc(C(=O)Nc3ccc(F)c(Cl)c3)c(=O)oc12. The molecular formula is C17H11ClFNO3. The van der Waals surface area contributed by atoms with Crippen molar-refractivity contribution in [3.63, 3.8) is 0 Å². The van der Waals surface area contributed by atoms with Crippen LogP contribution in [0.3, 0.4) is 0 Å². The van der Waals surface area contributed by atoms with Crippen LogP contribution in [0, 0.1) is 12.7 Å². The number of fused-ring (bicyclic) bond motifs is 1. The summed E-state index contributed by atoms with van der Waals surface area (Å²) in [5, 5.41) is 3.02. The van der Waals surface area contributed by atoms with Gasteiger partial charge in [-0.1, -0.05) is 29.8 Å². The van der Waals surface area contributed by atoms with Crippen molar-refractivity contribution >= 4 is 34.2 Å². The molecule has 4 nitrogen and oxygen atoms in total. The standard InChI is InChI=1S/C17H11ClFNO3/c1-9-3-2-4-10-7-12(17(22)23-15(9)10)16(21)20-11-5-6-14(19)13(18)8-11/h2-8H,1H3,(H,20,21). The zero-order valence-electron chi connectivity index (χ0n) is 12.0. The smallest absolute Gasteiger partial charge is 0.349 e. The fraction of sp³-hybridized carbons (Fsp3) is 0.0588. The molecule has 0 fully saturated rings. The second kappa shape index (κ2) is 5.85. The van der Waals surface area contributed by atoms with E-state index in [1.165, 1.54) is 18.2 Å². The monoisotopic (exact) mass is 331 g/mol. The molecule has 3 rings (SSSR count). The van der Waals surface area contributed by atoms with E-state index in [-0.39, 0.29) is 16.3 Å². The molecule has 0 unspecified atom stereocenters. The van der Waals surface area contributed by atoms with Crippen LogP contribution >= 0.6 is 11.6 Å². The van der Waals surface area contributed by atoms with E-state index in [0.29, 0.717) is 11.0 Å². The molecule has 0 saturated heterocycles. The molecule has 1 N–H and O–H groups in total. The topological polar surface area (TPSA) is 59.3 Å². The van der Waals surface area contributed by atoms with E-state index < -0.39 is 17.3 Å². The van der Waals surface area contributed by atoms with Crippen molar-refractivity contribution in [2.45, 2.75) is 6.92 Å². The highest BCUT2D eigenvalue weighted by molar-refractivity contribution is 6.31. The summed E-state index contributed by atoms with van der Waals surface area (Å²) in [6.07, 6.45) is 0. The first kappa shape index (κ1) is 15.2. The third kappa shape index (κ3) is 2.96. The summed E-state index contributed by atoms with van der Waals surface area (Å²) in [5.74, 6) is -1.24. The molecule has 1 heterocycles. The lowest BCUT2D eigenvalue weighted by Crippen LogP contribution is -2.20. The number of anilines is 1. The summed E-state index contributed by atoms with van der Waals surface area (Å²) < 4.78 is 18.3. The second-order valence-electron chi connectivity index (χ2n) is 5.02. The Morgan fingerprint density at radius 1 is 1.22 bits per heavy atom. The van der Waals surface area contributed by atoms with Crippen LogP contribution in [0.1, 0.15) is 15.9 Å². The summed E-state index contributed by atoms with van der Waals surface area (Å²) in [5.41, 5.74) is 0.655. The van der Waals surface area contributed by atoms with Gasteiger partial charge < -0.3 is 9.73 Å². The molecular weight excluding hydrogens is 321 g/mol. The first-order chi connectivity index (χ1) is 11.0. The minimum absolute atomic E-state index is 0.121. The molecule has 6 heteroatoms. The predicted molar refractivity (Wildman–Crippen MR) is 86.6 cm³/mol. The lowest BCUT2D eigenvalue weighted by Gasteiger charge is -2.06. The molecule has 2 aromatic carbocycles. The molecule has 0 saturated carbocycles. The van der Waals surface area contributed by atoms with Crippen molar-refractivity contribution in [1.82, 2.24) is 0 Å². The Hall–Kier alpha value is -2.66. The van der Waals surface area contributed by atoms with Crippen molar-refractivity contribution in [3.05, 3.63) is 74.9 Å². The van der Waals surface area contributed by atoms with Crippen molar-refractivity contribution in [2.24, 2.45) is 0 Å². The number of nitrogens with one attached hydrogen (secondary N) is 1. The fourth-order valence-corrected chi connectivity index (χ4v) is 2.40. The molecule has 0 aliphatic rings. The minimum Gasteiger partial charge on any atom is -0.422 e. The van der Waals surface area contributed by atoms with Gasteiger partial charge in [0, 0.05) is 11.1 Å². The van der Waals surface area contributed by atoms with E-state index in [9.17, 15) is 14.0 Å². The van der Waals surface area contributed by atoms with Gasteiger partial charge in [-0.15, -0.1) is 0 Å². The number of carbonyl (C=O) groups is 1. The van der Waals surface area contributed by atoms with Crippen molar-refractivity contribution in [1.29, 1.82) is 0 Å². The van der Waals surface area contributed by atoms with Crippen LogP contribution in [0.4, 0.5) is 10.1 Å². The Balaban J connectivity index is 1.99. The quantitative estimate of drug-likeness (QED) is 0.718. The maximum Gasteiger partial charge on any atom is 0.349 e. The summed E-state index contributed by atoms with van der Waals surface area (Å²) >= 11 is 5.66. The number of para-hydroxylation sites is 1. The highest BCUT2D eigenvalue weighted by atomic mass is 35.5. The van der Waals surface area contributed by atoms with Crippen LogP contribution in [0.15, 0.2) is 51.7 Å². The van der Waals surface area contributed by atoms with Crippen molar-refractivity contribution in [2.75, 3.05) is 5.32 Å². The number of aryl methyl sites for hydroxylation is 1. The van der Waals surface area contributed by atoms with Gasteiger partial charge in [0.25, 0.3) is 5.91 Å². The van der Waals surface area contributed by atoms with Gasteiger partial charge >= 0.3 is 5.63 Å². The first-order valence-electron chi connectivity index (χ1n) is 6.75. The third-order valence-corrected chi connectivity index (χ3v) is 3.67. The number of halogens is 2. The number of hydrogen-bond acceptors (Lipinski definition) is 3. The van der Waals surface area contributed by atoms with Gasteiger partial charge in [-0.2, -0.15) is 0 Å². The maximum atomic E-state index is 13.1. The Morgan fingerprint density at radius 2 is 2.00 bits per heavy atom. The fourth-order valence-electron chi connectivity index (χ4n) is 2.22. The Bertz CT molecular complexity index is 981. The van der Waals surface area contributed by atoms with E-state index in [4.69, 9.17) is 16.0 Å². The van der Waals surface area contributed by atoms with Crippen LogP contribution in [-0.4, -0.2) is 5.91 Å². The Kier molecular flexibility index (Phi) is 3.88. The highest BCUT2D eigenvalue weighted by Crippen LogP contribution is 2.21. The number of benzene rings is 2. The number of rotatable bonds is 2. The molecule has 0 atom stereocenters. The van der Waals surface area contributed by atoms with Crippen LogP contribution < -0.4 is 10.9 Å². The van der Waals surface area contributed by atoms with E-state index in [1.807, 2.05) is 13.0 Å². The molecule has 0 radical (unpaired) electrons. The van der Waals surface area contributed by atoms with Crippen LogP contribution in [0.25, 0.3) is 11.0 Å². The van der Waals surface area contributed by atoms with Gasteiger partial charge in [-0.3, -0.25) is 4.79 Å². The Morgan fingerprint density at radius 3 is 2.74 bits per heavy atom. The van der Waals surface area contributed by atoms with Gasteiger partial charge in [-0.25, -0.2) is 9.18 Å². The molecule has 23 heavy (non-hydrogen) atoms.